The van der Waals surface area contributed by atoms with Crippen molar-refractivity contribution in [3.8, 4) is 11.4 Å². The van der Waals surface area contributed by atoms with Crippen molar-refractivity contribution in [2.75, 3.05) is 7.11 Å². The first kappa shape index (κ1) is 16.2. The van der Waals surface area contributed by atoms with Gasteiger partial charge in [0.2, 0.25) is 0 Å². The molecule has 0 spiro atoms. The molecule has 0 aliphatic heterocycles. The Hall–Kier alpha value is -2.66. The van der Waals surface area contributed by atoms with Crippen LogP contribution in [0.3, 0.4) is 0 Å². The Morgan fingerprint density at radius 1 is 1.17 bits per heavy atom. The Kier molecular flexibility index (Phi) is 4.91. The van der Waals surface area contributed by atoms with Crippen LogP contribution in [0, 0.1) is 6.92 Å². The monoisotopic (exact) mass is 322 g/mol. The van der Waals surface area contributed by atoms with Gasteiger partial charge < -0.3 is 10.1 Å². The zero-order valence-electron chi connectivity index (χ0n) is 14.2. The molecule has 3 rings (SSSR count). The van der Waals surface area contributed by atoms with E-state index >= 15 is 0 Å². The summed E-state index contributed by atoms with van der Waals surface area (Å²) in [7, 11) is 1.67. The molecule has 0 aliphatic rings. The minimum atomic E-state index is 0.194. The fraction of sp³-hybridized carbons (Fsp3) is 0.263. The summed E-state index contributed by atoms with van der Waals surface area (Å²) in [6.07, 6.45) is 3.74. The van der Waals surface area contributed by atoms with Gasteiger partial charge in [0, 0.05) is 30.0 Å². The molecule has 1 unspecified atom stereocenters. The predicted octanol–water partition coefficient (Wildman–Crippen LogP) is 3.44. The number of benzene rings is 1. The molecule has 2 heterocycles. The second-order valence-corrected chi connectivity index (χ2v) is 5.72. The first-order chi connectivity index (χ1) is 11.7. The number of pyridine rings is 1. The van der Waals surface area contributed by atoms with Crippen LogP contribution in [0.2, 0.25) is 0 Å². The standard InChI is InChI=1S/C19H22N4O/c1-14(21-12-16-6-4-5-11-20-16)19-13-22-23(15(19)2)17-7-9-18(24-3)10-8-17/h4-11,13-14,21H,12H2,1-3H3. The predicted molar refractivity (Wildman–Crippen MR) is 94.3 cm³/mol. The Labute approximate surface area is 142 Å². The first-order valence-corrected chi connectivity index (χ1v) is 8.01. The van der Waals surface area contributed by atoms with E-state index in [-0.39, 0.29) is 6.04 Å². The molecule has 5 heteroatoms. The zero-order valence-corrected chi connectivity index (χ0v) is 14.2. The van der Waals surface area contributed by atoms with Crippen molar-refractivity contribution in [2.45, 2.75) is 26.4 Å². The van der Waals surface area contributed by atoms with Crippen LogP contribution in [0.1, 0.15) is 29.9 Å². The van der Waals surface area contributed by atoms with Crippen molar-refractivity contribution in [1.82, 2.24) is 20.1 Å². The van der Waals surface area contributed by atoms with Gasteiger partial charge in [0.1, 0.15) is 5.75 Å². The van der Waals surface area contributed by atoms with E-state index in [2.05, 4.69) is 29.2 Å². The molecule has 0 amide bonds. The maximum absolute atomic E-state index is 5.21. The van der Waals surface area contributed by atoms with E-state index in [0.717, 1.165) is 29.4 Å². The molecule has 0 fully saturated rings. The quantitative estimate of drug-likeness (QED) is 0.755. The summed E-state index contributed by atoms with van der Waals surface area (Å²) in [6.45, 7) is 4.96. The van der Waals surface area contributed by atoms with Crippen molar-refractivity contribution in [2.24, 2.45) is 0 Å². The summed E-state index contributed by atoms with van der Waals surface area (Å²) in [5.41, 5.74) is 4.36. The van der Waals surface area contributed by atoms with Gasteiger partial charge in [-0.25, -0.2) is 4.68 Å². The van der Waals surface area contributed by atoms with Crippen LogP contribution in [0.25, 0.3) is 5.69 Å². The summed E-state index contributed by atoms with van der Waals surface area (Å²) in [5, 5.41) is 8.04. The van der Waals surface area contributed by atoms with Crippen molar-refractivity contribution in [3.05, 3.63) is 71.8 Å². The molecule has 24 heavy (non-hydrogen) atoms. The fourth-order valence-electron chi connectivity index (χ4n) is 2.70. The Bertz CT molecular complexity index is 781. The molecule has 0 aliphatic carbocycles. The molecular weight excluding hydrogens is 300 g/mol. The average molecular weight is 322 g/mol. The molecule has 3 aromatic rings. The summed E-state index contributed by atoms with van der Waals surface area (Å²) >= 11 is 0. The van der Waals surface area contributed by atoms with E-state index in [1.165, 1.54) is 5.56 Å². The van der Waals surface area contributed by atoms with E-state index in [1.807, 2.05) is 59.5 Å². The lowest BCUT2D eigenvalue weighted by Gasteiger charge is -2.14. The lowest BCUT2D eigenvalue weighted by Crippen LogP contribution is -2.19. The molecule has 124 valence electrons. The van der Waals surface area contributed by atoms with Crippen molar-refractivity contribution in [3.63, 3.8) is 0 Å². The molecule has 0 bridgehead atoms. The summed E-state index contributed by atoms with van der Waals surface area (Å²) in [5.74, 6) is 0.842. The summed E-state index contributed by atoms with van der Waals surface area (Å²) in [4.78, 5) is 4.34. The SMILES string of the molecule is COc1ccc(-n2ncc(C(C)NCc3ccccn3)c2C)cc1. The number of ether oxygens (including phenoxy) is 1. The summed E-state index contributed by atoms with van der Waals surface area (Å²) in [6, 6.07) is 14.0. The summed E-state index contributed by atoms with van der Waals surface area (Å²) < 4.78 is 7.16. The number of methoxy groups -OCH3 is 1. The third kappa shape index (κ3) is 3.46. The van der Waals surface area contributed by atoms with E-state index in [4.69, 9.17) is 4.74 Å². The van der Waals surface area contributed by atoms with Gasteiger partial charge >= 0.3 is 0 Å². The van der Waals surface area contributed by atoms with Gasteiger partial charge in [-0.2, -0.15) is 5.10 Å². The van der Waals surface area contributed by atoms with Gasteiger partial charge in [0.25, 0.3) is 0 Å². The van der Waals surface area contributed by atoms with Crippen LogP contribution in [0.5, 0.6) is 5.75 Å². The molecule has 2 aromatic heterocycles. The third-order valence-electron chi connectivity index (χ3n) is 4.15. The van der Waals surface area contributed by atoms with Gasteiger partial charge in [0.15, 0.2) is 0 Å². The van der Waals surface area contributed by atoms with E-state index in [0.29, 0.717) is 0 Å². The number of aromatic nitrogens is 3. The maximum atomic E-state index is 5.21. The number of hydrogen-bond acceptors (Lipinski definition) is 4. The molecular formula is C19H22N4O. The maximum Gasteiger partial charge on any atom is 0.119 e. The second kappa shape index (κ2) is 7.27. The Balaban J connectivity index is 1.73. The van der Waals surface area contributed by atoms with Gasteiger partial charge in [-0.05, 0) is 50.2 Å². The topological polar surface area (TPSA) is 52.0 Å². The smallest absolute Gasteiger partial charge is 0.119 e. The largest absolute Gasteiger partial charge is 0.497 e. The van der Waals surface area contributed by atoms with Crippen molar-refractivity contribution >= 4 is 0 Å². The molecule has 1 aromatic carbocycles. The highest BCUT2D eigenvalue weighted by molar-refractivity contribution is 5.39. The van der Waals surface area contributed by atoms with E-state index < -0.39 is 0 Å². The fourth-order valence-corrected chi connectivity index (χ4v) is 2.70. The molecule has 0 radical (unpaired) electrons. The van der Waals surface area contributed by atoms with Gasteiger partial charge in [-0.1, -0.05) is 6.07 Å². The highest BCUT2D eigenvalue weighted by Gasteiger charge is 2.14. The molecule has 0 saturated heterocycles. The minimum Gasteiger partial charge on any atom is -0.497 e. The van der Waals surface area contributed by atoms with E-state index in [1.54, 1.807) is 7.11 Å². The lowest BCUT2D eigenvalue weighted by molar-refractivity contribution is 0.414. The molecule has 0 saturated carbocycles. The van der Waals surface area contributed by atoms with Gasteiger partial charge in [-0.15, -0.1) is 0 Å². The Morgan fingerprint density at radius 2 is 1.96 bits per heavy atom. The van der Waals surface area contributed by atoms with Crippen LogP contribution >= 0.6 is 0 Å². The van der Waals surface area contributed by atoms with Crippen LogP contribution in [0.4, 0.5) is 0 Å². The van der Waals surface area contributed by atoms with Crippen LogP contribution in [0.15, 0.2) is 54.9 Å². The third-order valence-corrected chi connectivity index (χ3v) is 4.15. The minimum absolute atomic E-state index is 0.194. The number of hydrogen-bond donors (Lipinski definition) is 1. The lowest BCUT2D eigenvalue weighted by atomic mass is 10.1. The average Bonchev–Trinajstić information content (AvgIpc) is 3.02. The first-order valence-electron chi connectivity index (χ1n) is 8.01. The molecule has 5 nitrogen and oxygen atoms in total. The Morgan fingerprint density at radius 3 is 2.62 bits per heavy atom. The van der Waals surface area contributed by atoms with Crippen LogP contribution in [-0.2, 0) is 6.54 Å². The highest BCUT2D eigenvalue weighted by Crippen LogP contribution is 2.21. The van der Waals surface area contributed by atoms with Gasteiger partial charge in [-0.3, -0.25) is 4.98 Å². The van der Waals surface area contributed by atoms with Crippen LogP contribution in [-0.4, -0.2) is 21.9 Å². The number of nitrogens with zero attached hydrogens (tertiary/aromatic N) is 3. The highest BCUT2D eigenvalue weighted by atomic mass is 16.5. The second-order valence-electron chi connectivity index (χ2n) is 5.72. The van der Waals surface area contributed by atoms with Crippen LogP contribution < -0.4 is 10.1 Å². The zero-order chi connectivity index (χ0) is 16.9. The van der Waals surface area contributed by atoms with Gasteiger partial charge in [0.05, 0.1) is 24.7 Å². The normalized spacial score (nSPS) is 12.1. The molecule has 1 N–H and O–H groups in total. The molecule has 1 atom stereocenters. The van der Waals surface area contributed by atoms with Crippen molar-refractivity contribution in [1.29, 1.82) is 0 Å². The number of rotatable bonds is 6. The van der Waals surface area contributed by atoms with E-state index in [9.17, 15) is 0 Å². The van der Waals surface area contributed by atoms with Crippen molar-refractivity contribution < 1.29 is 4.74 Å². The number of nitrogens with one attached hydrogen (secondary N) is 1.